The van der Waals surface area contributed by atoms with Gasteiger partial charge in [-0.25, -0.2) is 59.2 Å². The molecule has 6 heterocycles. The van der Waals surface area contributed by atoms with Crippen molar-refractivity contribution >= 4 is 93.5 Å². The number of ether oxygens (including phenoxy) is 3. The minimum atomic E-state index is -1.14. The number of carboxylic acid groups (broad SMARTS) is 2. The summed E-state index contributed by atoms with van der Waals surface area (Å²) >= 11 is 12.1. The molecule has 522 valence electrons. The van der Waals surface area contributed by atoms with Gasteiger partial charge in [0.15, 0.2) is 11.5 Å². The Hall–Kier alpha value is -12.1. The van der Waals surface area contributed by atoms with Gasteiger partial charge in [-0.1, -0.05) is 88.2 Å². The minimum Gasteiger partial charge on any atom is -0.493 e. The van der Waals surface area contributed by atoms with Gasteiger partial charge in [0.1, 0.15) is 52.7 Å². The van der Waals surface area contributed by atoms with Crippen molar-refractivity contribution in [1.29, 1.82) is 0 Å². The van der Waals surface area contributed by atoms with Crippen LogP contribution in [0.25, 0.3) is 33.8 Å². The fourth-order valence-electron chi connectivity index (χ4n) is 9.24. The average molecular weight is 1410 g/mol. The Morgan fingerprint density at radius 3 is 1.27 bits per heavy atom. The zero-order chi connectivity index (χ0) is 72.6. The van der Waals surface area contributed by atoms with Crippen LogP contribution in [-0.4, -0.2) is 148 Å². The van der Waals surface area contributed by atoms with Gasteiger partial charge in [-0.15, -0.1) is 0 Å². The summed E-state index contributed by atoms with van der Waals surface area (Å²) in [5.74, 6) is 0.581. The van der Waals surface area contributed by atoms with Crippen LogP contribution in [0.15, 0.2) is 122 Å². The first-order valence-electron chi connectivity index (χ1n) is 30.7. The molecule has 0 fully saturated rings. The molecule has 34 heteroatoms. The van der Waals surface area contributed by atoms with Crippen molar-refractivity contribution in [3.8, 4) is 45.3 Å². The van der Waals surface area contributed by atoms with Gasteiger partial charge < -0.3 is 56.3 Å². The molecule has 8 N–H and O–H groups in total. The largest absolute Gasteiger partial charge is 0.493 e. The lowest BCUT2D eigenvalue weighted by Gasteiger charge is -2.19. The maximum absolute atomic E-state index is 12.5. The van der Waals surface area contributed by atoms with Crippen LogP contribution in [0.1, 0.15) is 89.6 Å². The van der Waals surface area contributed by atoms with Gasteiger partial charge in [0.2, 0.25) is 17.8 Å². The zero-order valence-corrected chi connectivity index (χ0v) is 56.8. The van der Waals surface area contributed by atoms with E-state index >= 15 is 0 Å². The molecule has 0 aliphatic carbocycles. The number of nitrogens with one attached hydrogen (secondary N) is 6. The number of rotatable bonds is 29. The van der Waals surface area contributed by atoms with Gasteiger partial charge in [0.25, 0.3) is 17.1 Å². The molecule has 3 aromatic carbocycles. The zero-order valence-electron chi connectivity index (χ0n) is 55.3. The summed E-state index contributed by atoms with van der Waals surface area (Å²) < 4.78 is 15.8. The average Bonchev–Trinajstić information content (AvgIpc) is 0.801. The van der Waals surface area contributed by atoms with Crippen LogP contribution in [-0.2, 0) is 23.0 Å². The molecule has 0 saturated carbocycles. The highest BCUT2D eigenvalue weighted by atomic mass is 35.5. The molecular weight excluding hydrogens is 1340 g/mol. The summed E-state index contributed by atoms with van der Waals surface area (Å²) in [5.41, 5.74) is 4.82. The van der Waals surface area contributed by atoms with Crippen molar-refractivity contribution in [1.82, 2.24) is 44.9 Å². The van der Waals surface area contributed by atoms with E-state index in [1.54, 1.807) is 56.3 Å². The fourth-order valence-corrected chi connectivity index (χ4v) is 9.54. The number of nitrogens with zero attached hydrogens (tertiary/aromatic N) is 12. The summed E-state index contributed by atoms with van der Waals surface area (Å²) in [7, 11) is 3.01. The minimum absolute atomic E-state index is 0.00430. The van der Waals surface area contributed by atoms with Crippen LogP contribution in [0.2, 0.25) is 10.0 Å². The monoisotopic (exact) mass is 1410 g/mol. The van der Waals surface area contributed by atoms with Crippen LogP contribution in [0.3, 0.4) is 0 Å². The first-order chi connectivity index (χ1) is 47.9. The molecular formula is C66H70Cl2N18O14. The number of aryl methyl sites for hydroxylation is 2. The number of benzene rings is 3. The molecule has 0 atom stereocenters. The van der Waals surface area contributed by atoms with Crippen LogP contribution < -0.4 is 41.4 Å². The predicted octanol–water partition coefficient (Wildman–Crippen LogP) is 12.2. The van der Waals surface area contributed by atoms with E-state index in [-0.39, 0.29) is 68.5 Å². The topological polar surface area (TPSA) is 437 Å². The number of hydrogen-bond donors (Lipinski definition) is 8. The van der Waals surface area contributed by atoms with Gasteiger partial charge in [-0.05, 0) is 79.3 Å². The van der Waals surface area contributed by atoms with Crippen LogP contribution in [0.4, 0.5) is 52.4 Å². The number of carboxylic acids is 2. The molecule has 0 saturated heterocycles. The number of carbonyl (C=O) groups is 3. The Morgan fingerprint density at radius 1 is 0.480 bits per heavy atom. The Balaban J connectivity index is 0.000000211. The van der Waals surface area contributed by atoms with E-state index in [1.807, 2.05) is 31.2 Å². The Kier molecular flexibility index (Phi) is 27.0. The van der Waals surface area contributed by atoms with Gasteiger partial charge in [-0.3, -0.25) is 30.3 Å². The Labute approximate surface area is 582 Å². The summed E-state index contributed by atoms with van der Waals surface area (Å²) in [4.78, 5) is 105. The van der Waals surface area contributed by atoms with Gasteiger partial charge in [0.05, 0.1) is 74.1 Å². The van der Waals surface area contributed by atoms with Crippen LogP contribution in [0, 0.1) is 30.3 Å². The van der Waals surface area contributed by atoms with Crippen molar-refractivity contribution in [3.05, 3.63) is 196 Å². The van der Waals surface area contributed by atoms with Gasteiger partial charge in [-0.2, -0.15) is 0 Å². The first kappa shape index (κ1) is 75.3. The molecule has 6 aromatic heterocycles. The summed E-state index contributed by atoms with van der Waals surface area (Å²) in [5, 5.41) is 70.7. The number of halogens is 2. The third-order valence-corrected chi connectivity index (χ3v) is 15.0. The number of anilines is 6. The predicted molar refractivity (Wildman–Crippen MR) is 376 cm³/mol. The number of carbonyl (C=O) groups excluding carboxylic acids is 1. The normalized spacial score (nSPS) is 10.7. The number of aromatic nitrogens is 9. The second-order valence-corrected chi connectivity index (χ2v) is 22.8. The van der Waals surface area contributed by atoms with Crippen molar-refractivity contribution in [2.45, 2.75) is 59.8 Å². The Bertz CT molecular complexity index is 4370. The fraction of sp³-hybridized carbons (Fsp3) is 0.273. The number of aromatic carboxylic acids is 2. The Morgan fingerprint density at radius 2 is 0.890 bits per heavy atom. The number of nitro groups is 3. The maximum Gasteiger partial charge on any atom is 0.341 e. The lowest BCUT2D eigenvalue weighted by Crippen LogP contribution is -2.18. The van der Waals surface area contributed by atoms with Crippen molar-refractivity contribution in [3.63, 3.8) is 0 Å². The maximum atomic E-state index is 12.5. The van der Waals surface area contributed by atoms with Crippen LogP contribution >= 0.6 is 23.2 Å². The lowest BCUT2D eigenvalue weighted by atomic mass is 9.86. The van der Waals surface area contributed by atoms with E-state index in [1.165, 1.54) is 74.9 Å². The van der Waals surface area contributed by atoms with E-state index < -0.39 is 32.7 Å². The highest BCUT2D eigenvalue weighted by Crippen LogP contribution is 2.36. The lowest BCUT2D eigenvalue weighted by molar-refractivity contribution is -0.385. The smallest absolute Gasteiger partial charge is 0.341 e. The van der Waals surface area contributed by atoms with Crippen molar-refractivity contribution < 1.29 is 53.6 Å². The second-order valence-electron chi connectivity index (χ2n) is 22.0. The van der Waals surface area contributed by atoms with E-state index in [0.29, 0.717) is 126 Å². The third-order valence-electron chi connectivity index (χ3n) is 14.2. The SMILES string of the molecule is CCOC(=O)c1cnc(NCCNc2ccc([N+](=O)[O-])cn2)nc1-c1ccc(C(C)(C)C)cc1.CCc1nc(NCCNc2ccc([N+](=O)[O-])cn2)nc(-c2ccc(Cl)c(Cl)c2)c1C(=O)O.CCc1nc(NCCNc2ccc([N+](=O)[O-])cn2)nc(-c2ccc(OC)c(OC)c2)c1C(=O)O. The molecule has 9 rings (SSSR count). The van der Waals surface area contributed by atoms with E-state index in [2.05, 4.69) is 97.5 Å². The second kappa shape index (κ2) is 35.8. The number of esters is 1. The number of methoxy groups -OCH3 is 2. The molecule has 0 aliphatic heterocycles. The molecule has 9 aromatic rings. The first-order valence-corrected chi connectivity index (χ1v) is 31.5. The molecule has 100 heavy (non-hydrogen) atoms. The molecule has 0 radical (unpaired) electrons. The van der Waals surface area contributed by atoms with E-state index in [0.717, 1.165) is 5.56 Å². The van der Waals surface area contributed by atoms with E-state index in [9.17, 15) is 54.9 Å². The molecule has 0 unspecified atom stereocenters. The molecule has 0 aliphatic rings. The molecule has 0 amide bonds. The molecule has 0 bridgehead atoms. The highest BCUT2D eigenvalue weighted by Gasteiger charge is 2.25. The van der Waals surface area contributed by atoms with Gasteiger partial charge >= 0.3 is 17.9 Å². The van der Waals surface area contributed by atoms with Crippen LogP contribution in [0.5, 0.6) is 11.5 Å². The van der Waals surface area contributed by atoms with Crippen molar-refractivity contribution in [2.24, 2.45) is 0 Å². The molecule has 32 nitrogen and oxygen atoms in total. The standard InChI is InChI=1S/C24H28N6O4.C22H24N6O6.C20H18Cl2N6O4/c1-5-34-22(31)19-15-28-23(26-13-12-25-20-11-10-18(14-27-20)30(32)33)29-21(19)16-6-8-17(9-7-16)24(2,3)4;1-4-15-19(21(29)30)20(13-5-7-16(33-2)17(11-13)34-3)27-22(26-15)24-10-9-23-18-8-6-14(12-25-18)28(31)32;1-2-15-17(19(29)30)18(11-3-5-13(21)14(22)9-11)27-20(26-15)24-8-7-23-16-6-4-12(10-25-16)28(31)32/h6-11,14-15H,5,12-13H2,1-4H3,(H,25,27)(H,26,28,29);5-8,11-12H,4,9-10H2,1-3H3,(H,23,25)(H,29,30)(H,24,26,27);3-6,9-10H,2,7-8H2,1H3,(H,23,25)(H,29,30)(H,24,26,27). The third kappa shape index (κ3) is 20.7. The molecule has 0 spiro atoms. The van der Waals surface area contributed by atoms with Crippen molar-refractivity contribution in [2.75, 3.05) is 92.0 Å². The number of hydrogen-bond acceptors (Lipinski definition) is 27. The summed E-state index contributed by atoms with van der Waals surface area (Å²) in [6.07, 6.45) is 5.78. The summed E-state index contributed by atoms with van der Waals surface area (Å²) in [6.45, 7) is 14.6. The highest BCUT2D eigenvalue weighted by molar-refractivity contribution is 6.42. The number of pyridine rings is 3. The van der Waals surface area contributed by atoms with E-state index in [4.69, 9.17) is 37.4 Å². The quantitative estimate of drug-likeness (QED) is 0.00934. The van der Waals surface area contributed by atoms with Gasteiger partial charge in [0, 0.05) is 80.4 Å². The summed E-state index contributed by atoms with van der Waals surface area (Å²) in [6, 6.07) is 26.4.